The quantitative estimate of drug-likeness (QED) is 0.471. The van der Waals surface area contributed by atoms with Gasteiger partial charge in [-0.2, -0.15) is 0 Å². The minimum Gasteiger partial charge on any atom is -0.496 e. The van der Waals surface area contributed by atoms with Crippen molar-refractivity contribution in [3.8, 4) is 16.9 Å². The van der Waals surface area contributed by atoms with Crippen molar-refractivity contribution in [2.24, 2.45) is 28.6 Å². The van der Waals surface area contributed by atoms with Crippen molar-refractivity contribution >= 4 is 5.78 Å². The molecule has 0 heterocycles. The summed E-state index contributed by atoms with van der Waals surface area (Å²) in [5, 5.41) is 0. The second-order valence-corrected chi connectivity index (χ2v) is 11.9. The maximum atomic E-state index is 12.5. The minimum absolute atomic E-state index is 0.187. The molecular formula is C32H38O2. The summed E-state index contributed by atoms with van der Waals surface area (Å²) < 4.78 is 5.59. The number of carbonyl (C=O) groups is 1. The second-order valence-electron chi connectivity index (χ2n) is 11.9. The predicted molar refractivity (Wildman–Crippen MR) is 138 cm³/mol. The number of allylic oxidation sites excluding steroid dienone is 1. The van der Waals surface area contributed by atoms with Crippen LogP contribution in [0.25, 0.3) is 11.1 Å². The fourth-order valence-corrected chi connectivity index (χ4v) is 8.74. The Labute approximate surface area is 204 Å². The lowest BCUT2D eigenvalue weighted by molar-refractivity contribution is -0.117. The Morgan fingerprint density at radius 2 is 1.74 bits per heavy atom. The van der Waals surface area contributed by atoms with Crippen molar-refractivity contribution in [2.75, 3.05) is 7.11 Å². The van der Waals surface area contributed by atoms with Gasteiger partial charge in [0.1, 0.15) is 5.75 Å². The number of methoxy groups -OCH3 is 1. The Bertz CT molecular complexity index is 1110. The molecule has 5 atom stereocenters. The maximum absolute atomic E-state index is 12.5. The van der Waals surface area contributed by atoms with Crippen LogP contribution < -0.4 is 4.74 Å². The van der Waals surface area contributed by atoms with Crippen LogP contribution in [0.5, 0.6) is 5.75 Å². The van der Waals surface area contributed by atoms with Crippen LogP contribution in [0.4, 0.5) is 0 Å². The fourth-order valence-electron chi connectivity index (χ4n) is 8.74. The lowest BCUT2D eigenvalue weighted by atomic mass is 9.46. The number of hydrogen-bond donors (Lipinski definition) is 0. The van der Waals surface area contributed by atoms with Crippen LogP contribution in [0.2, 0.25) is 0 Å². The summed E-state index contributed by atoms with van der Waals surface area (Å²) in [4.78, 5) is 12.5. The van der Waals surface area contributed by atoms with E-state index in [1.807, 2.05) is 12.1 Å². The number of ketones is 1. The Morgan fingerprint density at radius 3 is 2.56 bits per heavy atom. The molecule has 0 N–H and O–H groups in total. The predicted octanol–water partition coefficient (Wildman–Crippen LogP) is 7.81. The van der Waals surface area contributed by atoms with E-state index < -0.39 is 0 Å². The van der Waals surface area contributed by atoms with E-state index in [1.165, 1.54) is 55.2 Å². The van der Waals surface area contributed by atoms with E-state index in [0.717, 1.165) is 54.7 Å². The van der Waals surface area contributed by atoms with E-state index in [4.69, 9.17) is 4.74 Å². The molecule has 2 aromatic rings. The zero-order chi connectivity index (χ0) is 23.3. The summed E-state index contributed by atoms with van der Waals surface area (Å²) >= 11 is 0. The third kappa shape index (κ3) is 3.48. The Balaban J connectivity index is 1.33. The highest BCUT2D eigenvalue weighted by Gasteiger charge is 2.57. The van der Waals surface area contributed by atoms with E-state index in [9.17, 15) is 4.79 Å². The van der Waals surface area contributed by atoms with E-state index >= 15 is 0 Å². The highest BCUT2D eigenvalue weighted by atomic mass is 16.5. The molecule has 0 aliphatic heterocycles. The van der Waals surface area contributed by atoms with Gasteiger partial charge in [0.25, 0.3) is 0 Å². The van der Waals surface area contributed by atoms with Gasteiger partial charge < -0.3 is 4.74 Å². The number of para-hydroxylation sites is 1. The molecule has 2 nitrogen and oxygen atoms in total. The van der Waals surface area contributed by atoms with Gasteiger partial charge in [-0.1, -0.05) is 61.4 Å². The van der Waals surface area contributed by atoms with Crippen LogP contribution in [-0.2, 0) is 11.2 Å². The first-order valence-electron chi connectivity index (χ1n) is 13.5. The third-order valence-corrected chi connectivity index (χ3v) is 10.4. The van der Waals surface area contributed by atoms with E-state index in [0.29, 0.717) is 11.2 Å². The summed E-state index contributed by atoms with van der Waals surface area (Å²) in [6, 6.07) is 17.4. The Kier molecular flexibility index (Phi) is 5.47. The first kappa shape index (κ1) is 22.1. The topological polar surface area (TPSA) is 26.3 Å². The van der Waals surface area contributed by atoms with Crippen LogP contribution in [0, 0.1) is 28.6 Å². The van der Waals surface area contributed by atoms with Gasteiger partial charge in [0.05, 0.1) is 7.11 Å². The summed E-state index contributed by atoms with van der Waals surface area (Å²) in [6.07, 6.45) is 14.4. The fraction of sp³-hybridized carbons (Fsp3) is 0.531. The van der Waals surface area contributed by atoms with Crippen molar-refractivity contribution in [3.63, 3.8) is 0 Å². The molecular weight excluding hydrogens is 416 g/mol. The van der Waals surface area contributed by atoms with Crippen molar-refractivity contribution in [3.05, 3.63) is 65.7 Å². The summed E-state index contributed by atoms with van der Waals surface area (Å²) in [6.45, 7) is 2.58. The number of benzene rings is 2. The molecule has 4 aliphatic rings. The molecule has 4 aliphatic carbocycles. The molecule has 0 bridgehead atoms. The number of fused-ring (bicyclic) bond motifs is 5. The molecule has 0 aromatic heterocycles. The number of hydrogen-bond acceptors (Lipinski definition) is 2. The molecule has 3 fully saturated rings. The molecule has 2 heteroatoms. The van der Waals surface area contributed by atoms with Crippen molar-refractivity contribution < 1.29 is 9.53 Å². The van der Waals surface area contributed by atoms with Crippen LogP contribution in [0.15, 0.2) is 60.2 Å². The summed E-state index contributed by atoms with van der Waals surface area (Å²) in [7, 11) is 1.74. The average Bonchev–Trinajstić information content (AvgIpc) is 3.26. The molecule has 2 aromatic carbocycles. The SMILES string of the molecule is COc1ccccc1-c1ccc(C[C@]23CCC(=O)C=C2CC[C@@H]2[C@H]3CC[C@]3(C)CCC[C@@H]23)cc1. The lowest BCUT2D eigenvalue weighted by Crippen LogP contribution is -2.51. The number of ether oxygens (including phenoxy) is 1. The second kappa shape index (κ2) is 8.40. The molecule has 0 radical (unpaired) electrons. The molecule has 6 rings (SSSR count). The molecule has 3 saturated carbocycles. The minimum atomic E-state index is 0.187. The van der Waals surface area contributed by atoms with E-state index in [1.54, 1.807) is 7.11 Å². The summed E-state index contributed by atoms with van der Waals surface area (Å²) in [5.74, 6) is 3.76. The molecule has 0 spiro atoms. The molecule has 34 heavy (non-hydrogen) atoms. The molecule has 0 unspecified atom stereocenters. The van der Waals surface area contributed by atoms with Gasteiger partial charge in [-0.05, 0) is 103 Å². The maximum Gasteiger partial charge on any atom is 0.155 e. The third-order valence-electron chi connectivity index (χ3n) is 10.4. The van der Waals surface area contributed by atoms with Crippen LogP contribution in [0.3, 0.4) is 0 Å². The van der Waals surface area contributed by atoms with Gasteiger partial charge in [-0.25, -0.2) is 0 Å². The smallest absolute Gasteiger partial charge is 0.155 e. The number of carbonyl (C=O) groups excluding carboxylic acids is 1. The zero-order valence-electron chi connectivity index (χ0n) is 20.8. The van der Waals surface area contributed by atoms with Crippen LogP contribution >= 0.6 is 0 Å². The highest BCUT2D eigenvalue weighted by Crippen LogP contribution is 2.66. The standard InChI is InChI=1S/C32H38O2/c1-31-17-5-7-28(31)27-14-13-24-20-25(33)15-19-32(24,29(27)16-18-31)21-22-9-11-23(12-10-22)26-6-3-4-8-30(26)34-2/h3-4,6,8-12,20,27-29H,5,7,13-19,21H2,1-2H3/t27-,28-,29+,31-,32+/m0/s1. The van der Waals surface area contributed by atoms with Crippen LogP contribution in [-0.4, -0.2) is 12.9 Å². The van der Waals surface area contributed by atoms with Crippen molar-refractivity contribution in [2.45, 2.75) is 71.1 Å². The first-order valence-corrected chi connectivity index (χ1v) is 13.5. The largest absolute Gasteiger partial charge is 0.496 e. The van der Waals surface area contributed by atoms with E-state index in [2.05, 4.69) is 49.4 Å². The van der Waals surface area contributed by atoms with Gasteiger partial charge >= 0.3 is 0 Å². The van der Waals surface area contributed by atoms with Gasteiger partial charge in [0, 0.05) is 12.0 Å². The first-order chi connectivity index (χ1) is 16.5. The molecule has 178 valence electrons. The van der Waals surface area contributed by atoms with Gasteiger partial charge in [-0.3, -0.25) is 4.79 Å². The Morgan fingerprint density at radius 1 is 0.912 bits per heavy atom. The zero-order valence-corrected chi connectivity index (χ0v) is 20.8. The molecule has 0 saturated heterocycles. The van der Waals surface area contributed by atoms with E-state index in [-0.39, 0.29) is 5.41 Å². The lowest BCUT2D eigenvalue weighted by Gasteiger charge is -2.58. The van der Waals surface area contributed by atoms with Gasteiger partial charge in [0.15, 0.2) is 5.78 Å². The summed E-state index contributed by atoms with van der Waals surface area (Å²) in [5.41, 5.74) is 6.01. The average molecular weight is 455 g/mol. The monoisotopic (exact) mass is 454 g/mol. The highest BCUT2D eigenvalue weighted by molar-refractivity contribution is 5.91. The molecule has 0 amide bonds. The van der Waals surface area contributed by atoms with Gasteiger partial charge in [0.2, 0.25) is 0 Å². The van der Waals surface area contributed by atoms with Gasteiger partial charge in [-0.15, -0.1) is 0 Å². The van der Waals surface area contributed by atoms with Crippen molar-refractivity contribution in [1.82, 2.24) is 0 Å². The van der Waals surface area contributed by atoms with Crippen LogP contribution in [0.1, 0.15) is 70.3 Å². The normalized spacial score (nSPS) is 34.6. The Hall–Kier alpha value is -2.35. The number of rotatable bonds is 4. The van der Waals surface area contributed by atoms with Crippen molar-refractivity contribution in [1.29, 1.82) is 0 Å².